The molecule has 5 heteroatoms. The number of nitrogens with one attached hydrogen (secondary N) is 1. The summed E-state index contributed by atoms with van der Waals surface area (Å²) in [5.41, 5.74) is 5.20. The van der Waals surface area contributed by atoms with Crippen LogP contribution in [-0.4, -0.2) is 18.3 Å². The molecule has 0 spiro atoms. The van der Waals surface area contributed by atoms with E-state index in [9.17, 15) is 8.78 Å². The fourth-order valence-electron chi connectivity index (χ4n) is 1.13. The molecule has 0 atom stereocenters. The highest BCUT2D eigenvalue weighted by Crippen LogP contribution is 2.26. The second-order valence-electron chi connectivity index (χ2n) is 4.50. The second kappa shape index (κ2) is 4.65. The molecule has 0 aliphatic heterocycles. The van der Waals surface area contributed by atoms with Gasteiger partial charge < -0.3 is 16.2 Å². The van der Waals surface area contributed by atoms with Crippen LogP contribution in [-0.2, 0) is 0 Å². The zero-order valence-electron chi connectivity index (χ0n) is 9.35. The van der Waals surface area contributed by atoms with E-state index in [2.05, 4.69) is 5.32 Å². The quantitative estimate of drug-likeness (QED) is 0.693. The Morgan fingerprint density at radius 1 is 1.38 bits per heavy atom. The monoisotopic (exact) mass is 230 g/mol. The van der Waals surface area contributed by atoms with Crippen molar-refractivity contribution in [2.45, 2.75) is 13.8 Å². The normalized spacial score (nSPS) is 11.6. The molecule has 0 heterocycles. The van der Waals surface area contributed by atoms with Gasteiger partial charge in [-0.1, -0.05) is 13.8 Å². The smallest absolute Gasteiger partial charge is 0.183 e. The van der Waals surface area contributed by atoms with Crippen molar-refractivity contribution in [3.05, 3.63) is 23.8 Å². The maximum Gasteiger partial charge on any atom is 0.183 e. The first-order valence-corrected chi connectivity index (χ1v) is 4.95. The summed E-state index contributed by atoms with van der Waals surface area (Å²) >= 11 is 0. The lowest BCUT2D eigenvalue weighted by molar-refractivity contribution is 0.170. The molecule has 0 saturated heterocycles. The van der Waals surface area contributed by atoms with Crippen LogP contribution in [0.4, 0.5) is 20.2 Å². The fourth-order valence-corrected chi connectivity index (χ4v) is 1.13. The van der Waals surface area contributed by atoms with Crippen molar-refractivity contribution in [3.63, 3.8) is 0 Å². The number of aliphatic hydroxyl groups is 1. The number of anilines is 2. The minimum Gasteiger partial charge on any atom is -0.397 e. The van der Waals surface area contributed by atoms with Crippen LogP contribution in [0.3, 0.4) is 0 Å². The summed E-state index contributed by atoms with van der Waals surface area (Å²) in [6.07, 6.45) is 0. The Labute approximate surface area is 93.3 Å². The minimum absolute atomic E-state index is 0.0541. The number of hydrogen-bond acceptors (Lipinski definition) is 3. The zero-order valence-corrected chi connectivity index (χ0v) is 9.35. The van der Waals surface area contributed by atoms with Gasteiger partial charge in [0.2, 0.25) is 0 Å². The molecule has 0 aliphatic rings. The van der Waals surface area contributed by atoms with Crippen LogP contribution in [0.25, 0.3) is 0 Å². The van der Waals surface area contributed by atoms with Crippen LogP contribution in [0, 0.1) is 17.0 Å². The maximum atomic E-state index is 13.4. The van der Waals surface area contributed by atoms with E-state index in [1.54, 1.807) is 13.8 Å². The van der Waals surface area contributed by atoms with E-state index in [0.717, 1.165) is 6.07 Å². The number of aliphatic hydroxyl groups excluding tert-OH is 1. The molecule has 1 rings (SSSR count). The zero-order chi connectivity index (χ0) is 12.3. The van der Waals surface area contributed by atoms with E-state index < -0.39 is 17.0 Å². The molecular weight excluding hydrogens is 214 g/mol. The first-order valence-electron chi connectivity index (χ1n) is 4.95. The summed E-state index contributed by atoms with van der Waals surface area (Å²) < 4.78 is 26.3. The van der Waals surface area contributed by atoms with Crippen molar-refractivity contribution in [2.75, 3.05) is 24.2 Å². The van der Waals surface area contributed by atoms with E-state index in [0.29, 0.717) is 6.54 Å². The van der Waals surface area contributed by atoms with E-state index in [1.807, 2.05) is 0 Å². The van der Waals surface area contributed by atoms with E-state index in [4.69, 9.17) is 10.8 Å². The van der Waals surface area contributed by atoms with Gasteiger partial charge in [-0.15, -0.1) is 0 Å². The molecule has 0 fully saturated rings. The Kier molecular flexibility index (Phi) is 3.70. The number of nitrogen functional groups attached to an aromatic ring is 1. The summed E-state index contributed by atoms with van der Waals surface area (Å²) in [5.74, 6) is -1.94. The molecule has 4 N–H and O–H groups in total. The molecule has 1 aromatic carbocycles. The average molecular weight is 230 g/mol. The van der Waals surface area contributed by atoms with Crippen LogP contribution in [0.2, 0.25) is 0 Å². The van der Waals surface area contributed by atoms with Gasteiger partial charge in [-0.3, -0.25) is 0 Å². The Morgan fingerprint density at radius 3 is 2.56 bits per heavy atom. The highest BCUT2D eigenvalue weighted by Gasteiger charge is 2.18. The van der Waals surface area contributed by atoms with E-state index in [-0.39, 0.29) is 18.0 Å². The van der Waals surface area contributed by atoms with Gasteiger partial charge in [-0.05, 0) is 12.1 Å². The van der Waals surface area contributed by atoms with Crippen LogP contribution < -0.4 is 11.1 Å². The first kappa shape index (κ1) is 12.7. The molecule has 0 radical (unpaired) electrons. The van der Waals surface area contributed by atoms with Crippen molar-refractivity contribution in [1.82, 2.24) is 0 Å². The van der Waals surface area contributed by atoms with Crippen LogP contribution >= 0.6 is 0 Å². The number of rotatable bonds is 4. The first-order chi connectivity index (χ1) is 7.37. The SMILES string of the molecule is CC(C)(CO)CNc1c(N)ccc(F)c1F. The third kappa shape index (κ3) is 2.82. The van der Waals surface area contributed by atoms with Crippen LogP contribution in [0.15, 0.2) is 12.1 Å². The molecule has 0 saturated carbocycles. The predicted molar refractivity (Wildman–Crippen MR) is 60.1 cm³/mol. The lowest BCUT2D eigenvalue weighted by atomic mass is 9.95. The Balaban J connectivity index is 2.86. The van der Waals surface area contributed by atoms with Gasteiger partial charge in [-0.25, -0.2) is 8.78 Å². The highest BCUT2D eigenvalue weighted by atomic mass is 19.2. The van der Waals surface area contributed by atoms with Crippen LogP contribution in [0.1, 0.15) is 13.8 Å². The van der Waals surface area contributed by atoms with Crippen molar-refractivity contribution in [2.24, 2.45) is 5.41 Å². The molecule has 1 aromatic rings. The lowest BCUT2D eigenvalue weighted by Gasteiger charge is -2.23. The molecule has 0 unspecified atom stereocenters. The van der Waals surface area contributed by atoms with Crippen molar-refractivity contribution in [1.29, 1.82) is 0 Å². The van der Waals surface area contributed by atoms with Gasteiger partial charge in [0, 0.05) is 18.6 Å². The summed E-state index contributed by atoms with van der Waals surface area (Å²) in [4.78, 5) is 0. The molecule has 0 bridgehead atoms. The summed E-state index contributed by atoms with van der Waals surface area (Å²) in [5, 5.41) is 11.7. The standard InChI is InChI=1S/C11H16F2N2O/c1-11(2,6-16)5-15-10-8(14)4-3-7(12)9(10)13/h3-4,15-16H,5-6,14H2,1-2H3. The minimum atomic E-state index is -0.992. The molecule has 0 amide bonds. The van der Waals surface area contributed by atoms with Gasteiger partial charge in [0.25, 0.3) is 0 Å². The summed E-state index contributed by atoms with van der Waals surface area (Å²) in [6.45, 7) is 3.84. The van der Waals surface area contributed by atoms with E-state index >= 15 is 0 Å². The topological polar surface area (TPSA) is 58.3 Å². The number of nitrogens with two attached hydrogens (primary N) is 1. The third-order valence-electron chi connectivity index (χ3n) is 2.30. The van der Waals surface area contributed by atoms with Gasteiger partial charge in [0.1, 0.15) is 0 Å². The Bertz CT molecular complexity index is 380. The third-order valence-corrected chi connectivity index (χ3v) is 2.30. The van der Waals surface area contributed by atoms with Crippen molar-refractivity contribution >= 4 is 11.4 Å². The summed E-state index contributed by atoms with van der Waals surface area (Å²) in [7, 11) is 0. The molecule has 0 aliphatic carbocycles. The Morgan fingerprint density at radius 2 is 2.00 bits per heavy atom. The maximum absolute atomic E-state index is 13.4. The number of hydrogen-bond donors (Lipinski definition) is 3. The largest absolute Gasteiger partial charge is 0.397 e. The van der Waals surface area contributed by atoms with Gasteiger partial charge in [0.05, 0.1) is 11.4 Å². The Hall–Kier alpha value is -1.36. The van der Waals surface area contributed by atoms with Crippen molar-refractivity contribution in [3.8, 4) is 0 Å². The molecule has 3 nitrogen and oxygen atoms in total. The number of benzene rings is 1. The fraction of sp³-hybridized carbons (Fsp3) is 0.455. The molecule has 16 heavy (non-hydrogen) atoms. The molecule has 90 valence electrons. The van der Waals surface area contributed by atoms with Crippen LogP contribution in [0.5, 0.6) is 0 Å². The van der Waals surface area contributed by atoms with Crippen molar-refractivity contribution < 1.29 is 13.9 Å². The van der Waals surface area contributed by atoms with Gasteiger partial charge >= 0.3 is 0 Å². The average Bonchev–Trinajstić information content (AvgIpc) is 2.24. The van der Waals surface area contributed by atoms with E-state index in [1.165, 1.54) is 6.07 Å². The lowest BCUT2D eigenvalue weighted by Crippen LogP contribution is -2.27. The highest BCUT2D eigenvalue weighted by molar-refractivity contribution is 5.66. The molecular formula is C11H16F2N2O. The molecule has 0 aromatic heterocycles. The second-order valence-corrected chi connectivity index (χ2v) is 4.50. The number of halogens is 2. The van der Waals surface area contributed by atoms with Gasteiger partial charge in [-0.2, -0.15) is 0 Å². The predicted octanol–water partition coefficient (Wildman–Crippen LogP) is 1.98. The van der Waals surface area contributed by atoms with Gasteiger partial charge in [0.15, 0.2) is 11.6 Å². The summed E-state index contributed by atoms with van der Waals surface area (Å²) in [6, 6.07) is 2.28.